The highest BCUT2D eigenvalue weighted by atomic mass is 16.5. The standard InChI is InChI=1S/C20H23NO5/c1-24-18-9-13-6-7-21(23)11-15-12(4-5-17(22)20(15)26-3)8-16(21)14(13)10-19(18)25-2/h4-5,9-10,16,22H,6-8,11H2,1-3H3/t16-,21+/m0/s1. The van der Waals surface area contributed by atoms with Gasteiger partial charge in [0.25, 0.3) is 0 Å². The van der Waals surface area contributed by atoms with E-state index >= 15 is 0 Å². The van der Waals surface area contributed by atoms with Gasteiger partial charge in [-0.1, -0.05) is 6.07 Å². The van der Waals surface area contributed by atoms with Gasteiger partial charge < -0.3 is 29.2 Å². The van der Waals surface area contributed by atoms with Gasteiger partial charge in [-0.3, -0.25) is 0 Å². The van der Waals surface area contributed by atoms with Crippen LogP contribution in [0.25, 0.3) is 0 Å². The molecule has 0 saturated heterocycles. The van der Waals surface area contributed by atoms with Gasteiger partial charge in [0.1, 0.15) is 12.6 Å². The predicted octanol–water partition coefficient (Wildman–Crippen LogP) is 3.09. The maximum Gasteiger partial charge on any atom is 0.169 e. The zero-order chi connectivity index (χ0) is 18.5. The van der Waals surface area contributed by atoms with Gasteiger partial charge in [-0.15, -0.1) is 0 Å². The number of benzene rings is 2. The smallest absolute Gasteiger partial charge is 0.169 e. The summed E-state index contributed by atoms with van der Waals surface area (Å²) in [6.45, 7) is 0.788. The van der Waals surface area contributed by atoms with E-state index in [0.717, 1.165) is 22.3 Å². The maximum atomic E-state index is 13.7. The highest BCUT2D eigenvalue weighted by Crippen LogP contribution is 2.49. The lowest BCUT2D eigenvalue weighted by molar-refractivity contribution is -0.928. The molecule has 0 aliphatic carbocycles. The van der Waals surface area contributed by atoms with Gasteiger partial charge in [0.2, 0.25) is 0 Å². The number of fused-ring (bicyclic) bond motifs is 4. The Morgan fingerprint density at radius 2 is 1.77 bits per heavy atom. The van der Waals surface area contributed by atoms with Crippen molar-refractivity contribution in [2.75, 3.05) is 27.9 Å². The van der Waals surface area contributed by atoms with Gasteiger partial charge in [0.15, 0.2) is 23.0 Å². The Labute approximate surface area is 152 Å². The van der Waals surface area contributed by atoms with Gasteiger partial charge in [0, 0.05) is 18.4 Å². The molecule has 0 bridgehead atoms. The Bertz CT molecular complexity index is 866. The Morgan fingerprint density at radius 1 is 1.04 bits per heavy atom. The van der Waals surface area contributed by atoms with Crippen molar-refractivity contribution in [1.82, 2.24) is 0 Å². The highest BCUT2D eigenvalue weighted by molar-refractivity contribution is 5.53. The van der Waals surface area contributed by atoms with E-state index in [2.05, 4.69) is 0 Å². The van der Waals surface area contributed by atoms with E-state index in [1.807, 2.05) is 18.2 Å². The monoisotopic (exact) mass is 357 g/mol. The summed E-state index contributed by atoms with van der Waals surface area (Å²) >= 11 is 0. The van der Waals surface area contributed by atoms with E-state index < -0.39 is 0 Å². The van der Waals surface area contributed by atoms with Crippen LogP contribution in [0.5, 0.6) is 23.0 Å². The molecule has 6 heteroatoms. The molecule has 138 valence electrons. The number of hydrogen-bond donors (Lipinski definition) is 1. The second kappa shape index (κ2) is 6.07. The quantitative estimate of drug-likeness (QED) is 0.675. The summed E-state index contributed by atoms with van der Waals surface area (Å²) in [7, 11) is 4.76. The Balaban J connectivity index is 1.83. The normalized spacial score (nSPS) is 23.5. The topological polar surface area (TPSA) is 71.0 Å². The fourth-order valence-corrected chi connectivity index (χ4v) is 4.37. The Kier molecular flexibility index (Phi) is 3.97. The van der Waals surface area contributed by atoms with Gasteiger partial charge in [0.05, 0.1) is 33.4 Å². The molecule has 2 aliphatic heterocycles. The first-order valence-corrected chi connectivity index (χ1v) is 8.71. The molecule has 2 atom stereocenters. The molecule has 6 nitrogen and oxygen atoms in total. The van der Waals surface area contributed by atoms with E-state index in [4.69, 9.17) is 14.2 Å². The van der Waals surface area contributed by atoms with Crippen LogP contribution >= 0.6 is 0 Å². The van der Waals surface area contributed by atoms with Crippen LogP contribution in [-0.4, -0.2) is 37.6 Å². The van der Waals surface area contributed by atoms with Crippen LogP contribution in [0, 0.1) is 5.21 Å². The molecule has 2 aromatic carbocycles. The van der Waals surface area contributed by atoms with Crippen LogP contribution in [0.4, 0.5) is 0 Å². The summed E-state index contributed by atoms with van der Waals surface area (Å²) < 4.78 is 15.9. The molecule has 1 N–H and O–H groups in total. The molecule has 0 spiro atoms. The third-order valence-electron chi connectivity index (χ3n) is 5.71. The Hall–Kier alpha value is -2.44. The van der Waals surface area contributed by atoms with E-state index in [1.54, 1.807) is 20.3 Å². The van der Waals surface area contributed by atoms with Crippen LogP contribution in [0.15, 0.2) is 24.3 Å². The Morgan fingerprint density at radius 3 is 2.46 bits per heavy atom. The molecule has 0 saturated carbocycles. The van der Waals surface area contributed by atoms with Crippen molar-refractivity contribution in [3.05, 3.63) is 51.7 Å². The van der Waals surface area contributed by atoms with E-state index in [-0.39, 0.29) is 16.4 Å². The molecule has 26 heavy (non-hydrogen) atoms. The van der Waals surface area contributed by atoms with E-state index in [0.29, 0.717) is 43.2 Å². The molecule has 0 aromatic heterocycles. The summed E-state index contributed by atoms with van der Waals surface area (Å²) in [5.41, 5.74) is 4.05. The number of hydroxylamine groups is 3. The van der Waals surface area contributed by atoms with Gasteiger partial charge >= 0.3 is 0 Å². The minimum absolute atomic E-state index is 0.0834. The second-order valence-electron chi connectivity index (χ2n) is 6.97. The summed E-state index contributed by atoms with van der Waals surface area (Å²) in [6.07, 6.45) is 1.30. The first-order valence-electron chi connectivity index (χ1n) is 8.71. The third kappa shape index (κ3) is 2.40. The number of quaternary nitrogens is 1. The lowest BCUT2D eigenvalue weighted by atomic mass is 9.83. The molecule has 2 aliphatic rings. The SMILES string of the molecule is COc1cc2c(cc1OC)[C@@H]1Cc3ccc(O)c(OC)c3C[N@+]1([O-])CC2. The number of nitrogens with zero attached hydrogens (tertiary/aromatic N) is 1. The van der Waals surface area contributed by atoms with Crippen LogP contribution in [0.2, 0.25) is 0 Å². The molecule has 0 fully saturated rings. The van der Waals surface area contributed by atoms with Crippen molar-refractivity contribution in [2.45, 2.75) is 25.4 Å². The third-order valence-corrected chi connectivity index (χ3v) is 5.71. The summed E-state index contributed by atoms with van der Waals surface area (Å²) in [5.74, 6) is 1.85. The zero-order valence-electron chi connectivity index (χ0n) is 15.2. The first kappa shape index (κ1) is 17.0. The van der Waals surface area contributed by atoms with Gasteiger partial charge in [-0.05, 0) is 29.3 Å². The van der Waals surface area contributed by atoms with Crippen LogP contribution in [-0.2, 0) is 19.4 Å². The van der Waals surface area contributed by atoms with Gasteiger partial charge in [-0.2, -0.15) is 0 Å². The molecular weight excluding hydrogens is 334 g/mol. The largest absolute Gasteiger partial charge is 0.632 e. The molecule has 4 rings (SSSR count). The van der Waals surface area contributed by atoms with E-state index in [9.17, 15) is 10.3 Å². The minimum Gasteiger partial charge on any atom is -0.632 e. The molecule has 0 amide bonds. The number of rotatable bonds is 3. The number of phenols is 1. The molecule has 2 heterocycles. The fourth-order valence-electron chi connectivity index (χ4n) is 4.37. The van der Waals surface area contributed by atoms with E-state index in [1.165, 1.54) is 7.11 Å². The number of ether oxygens (including phenoxy) is 3. The van der Waals surface area contributed by atoms with Crippen LogP contribution in [0.3, 0.4) is 0 Å². The lowest BCUT2D eigenvalue weighted by Crippen LogP contribution is -2.52. The minimum atomic E-state index is -0.338. The second-order valence-corrected chi connectivity index (χ2v) is 6.97. The average Bonchev–Trinajstić information content (AvgIpc) is 2.65. The zero-order valence-corrected chi connectivity index (χ0v) is 15.2. The number of hydrogen-bond acceptors (Lipinski definition) is 5. The van der Waals surface area contributed by atoms with Crippen molar-refractivity contribution >= 4 is 0 Å². The number of phenolic OH excluding ortho intramolecular Hbond substituents is 1. The average molecular weight is 357 g/mol. The van der Waals surface area contributed by atoms with Crippen molar-refractivity contribution < 1.29 is 24.0 Å². The van der Waals surface area contributed by atoms with Gasteiger partial charge in [-0.25, -0.2) is 0 Å². The number of aromatic hydroxyl groups is 1. The summed E-state index contributed by atoms with van der Waals surface area (Å²) in [5, 5.41) is 23.8. The van der Waals surface area contributed by atoms with Crippen molar-refractivity contribution in [2.24, 2.45) is 0 Å². The van der Waals surface area contributed by atoms with Crippen molar-refractivity contribution in [3.8, 4) is 23.0 Å². The fraction of sp³-hybridized carbons (Fsp3) is 0.400. The number of methoxy groups -OCH3 is 3. The molecule has 0 unspecified atom stereocenters. The molecular formula is C20H23NO5. The van der Waals surface area contributed by atoms with Crippen molar-refractivity contribution in [1.29, 1.82) is 0 Å². The summed E-state index contributed by atoms with van der Waals surface area (Å²) in [6, 6.07) is 7.28. The first-order chi connectivity index (χ1) is 12.5. The molecule has 0 radical (unpaired) electrons. The maximum absolute atomic E-state index is 13.7. The van der Waals surface area contributed by atoms with Crippen molar-refractivity contribution in [3.63, 3.8) is 0 Å². The van der Waals surface area contributed by atoms with Crippen LogP contribution in [0.1, 0.15) is 28.3 Å². The molecule has 2 aromatic rings. The highest BCUT2D eigenvalue weighted by Gasteiger charge is 2.42. The summed E-state index contributed by atoms with van der Waals surface area (Å²) in [4.78, 5) is 0. The van der Waals surface area contributed by atoms with Crippen LogP contribution < -0.4 is 14.2 Å². The lowest BCUT2D eigenvalue weighted by Gasteiger charge is -2.54. The predicted molar refractivity (Wildman–Crippen MR) is 96.6 cm³/mol.